The summed E-state index contributed by atoms with van der Waals surface area (Å²) in [5.74, 6) is -0.903. The Balaban J connectivity index is 2.60. The van der Waals surface area contributed by atoms with Crippen LogP contribution in [-0.2, 0) is 28.2 Å². The van der Waals surface area contributed by atoms with Crippen LogP contribution in [0.15, 0.2) is 36.4 Å². The predicted octanol–water partition coefficient (Wildman–Crippen LogP) is 2.87. The van der Waals surface area contributed by atoms with E-state index in [1.54, 1.807) is 19.1 Å². The number of rotatable bonds is 10. The number of esters is 1. The molecule has 0 aliphatic carbocycles. The van der Waals surface area contributed by atoms with Crippen LogP contribution in [0, 0.1) is 17.1 Å². The first-order valence-electron chi connectivity index (χ1n) is 10.2. The molecule has 7 heteroatoms. The molecule has 2 aromatic rings. The molecule has 0 aromatic heterocycles. The molecule has 1 atom stereocenters. The highest BCUT2D eigenvalue weighted by Crippen LogP contribution is 2.38. The Labute approximate surface area is 182 Å². The molecule has 166 valence electrons. The Kier molecular flexibility index (Phi) is 8.69. The van der Waals surface area contributed by atoms with Gasteiger partial charge in [-0.2, -0.15) is 5.26 Å². The minimum atomic E-state index is -1.55. The molecule has 0 fully saturated rings. The number of nitrogens with zero attached hydrogens (tertiary/aromatic N) is 2. The predicted molar refractivity (Wildman–Crippen MR) is 115 cm³/mol. The van der Waals surface area contributed by atoms with E-state index in [9.17, 15) is 24.7 Å². The number of carbonyl (C=O) groups excluding carboxylic acids is 1. The maximum absolute atomic E-state index is 13.5. The molecule has 0 bridgehead atoms. The van der Waals surface area contributed by atoms with Crippen LogP contribution in [0.3, 0.4) is 0 Å². The lowest BCUT2D eigenvalue weighted by molar-refractivity contribution is -0.142. The summed E-state index contributed by atoms with van der Waals surface area (Å²) in [6.07, 6.45) is 0.809. The summed E-state index contributed by atoms with van der Waals surface area (Å²) in [6.45, 7) is 2.14. The van der Waals surface area contributed by atoms with E-state index < -0.39 is 24.0 Å². The van der Waals surface area contributed by atoms with Crippen molar-refractivity contribution < 1.29 is 24.1 Å². The van der Waals surface area contributed by atoms with Crippen molar-refractivity contribution in [2.24, 2.45) is 0 Å². The molecular formula is C24H29FN2O4. The van der Waals surface area contributed by atoms with Crippen LogP contribution >= 0.6 is 0 Å². The maximum atomic E-state index is 13.5. The third kappa shape index (κ3) is 5.88. The largest absolute Gasteiger partial charge is 0.466 e. The average molecular weight is 429 g/mol. The third-order valence-electron chi connectivity index (χ3n) is 5.22. The topological polar surface area (TPSA) is 93.8 Å². The van der Waals surface area contributed by atoms with Crippen LogP contribution < -0.4 is 0 Å². The van der Waals surface area contributed by atoms with Crippen molar-refractivity contribution in [2.75, 3.05) is 27.2 Å². The van der Waals surface area contributed by atoms with Gasteiger partial charge < -0.3 is 19.8 Å². The average Bonchev–Trinajstić information content (AvgIpc) is 2.73. The first-order valence-corrected chi connectivity index (χ1v) is 10.2. The second kappa shape index (κ2) is 11.0. The Morgan fingerprint density at radius 3 is 2.45 bits per heavy atom. The number of benzene rings is 2. The first kappa shape index (κ1) is 24.5. The van der Waals surface area contributed by atoms with Gasteiger partial charge in [0.15, 0.2) is 0 Å². The highest BCUT2D eigenvalue weighted by molar-refractivity contribution is 5.74. The molecule has 0 saturated heterocycles. The quantitative estimate of drug-likeness (QED) is 0.565. The van der Waals surface area contributed by atoms with Crippen molar-refractivity contribution in [2.45, 2.75) is 38.4 Å². The number of carbonyl (C=O) groups is 1. The van der Waals surface area contributed by atoms with Gasteiger partial charge in [0, 0.05) is 5.56 Å². The van der Waals surface area contributed by atoms with E-state index in [0.29, 0.717) is 36.1 Å². The minimum Gasteiger partial charge on any atom is -0.466 e. The lowest BCUT2D eigenvalue weighted by Gasteiger charge is -2.32. The van der Waals surface area contributed by atoms with Gasteiger partial charge in [-0.05, 0) is 69.2 Å². The molecule has 31 heavy (non-hydrogen) atoms. The number of aliphatic hydroxyl groups is 2. The standard InChI is InChI=1S/C24H29FN2O4/c1-4-31-23(29)14-17-6-11-22(21(16-28)20(17)15-26)24(30,12-5-13-27(2)3)18-7-9-19(25)10-8-18/h6-11,28,30H,4-5,12-14,16H2,1-3H3. The van der Waals surface area contributed by atoms with Crippen LogP contribution in [0.5, 0.6) is 0 Å². The molecule has 2 aromatic carbocycles. The molecule has 0 saturated carbocycles. The van der Waals surface area contributed by atoms with Crippen molar-refractivity contribution in [3.8, 4) is 6.07 Å². The zero-order valence-electron chi connectivity index (χ0n) is 18.2. The Bertz CT molecular complexity index is 938. The molecule has 0 spiro atoms. The van der Waals surface area contributed by atoms with Crippen molar-refractivity contribution in [1.82, 2.24) is 4.90 Å². The van der Waals surface area contributed by atoms with Gasteiger partial charge in [-0.3, -0.25) is 4.79 Å². The summed E-state index contributed by atoms with van der Waals surface area (Å²) in [7, 11) is 3.85. The molecule has 0 radical (unpaired) electrons. The lowest BCUT2D eigenvalue weighted by atomic mass is 9.78. The molecule has 0 aliphatic rings. The fourth-order valence-corrected chi connectivity index (χ4v) is 3.71. The van der Waals surface area contributed by atoms with Crippen LogP contribution in [0.1, 0.15) is 47.6 Å². The zero-order chi connectivity index (χ0) is 23.0. The monoisotopic (exact) mass is 428 g/mol. The van der Waals surface area contributed by atoms with E-state index in [4.69, 9.17) is 4.74 Å². The number of halogens is 1. The smallest absolute Gasteiger partial charge is 0.310 e. The summed E-state index contributed by atoms with van der Waals surface area (Å²) >= 11 is 0. The van der Waals surface area contributed by atoms with Gasteiger partial charge in [-0.15, -0.1) is 0 Å². The number of ether oxygens (including phenoxy) is 1. The first-order chi connectivity index (χ1) is 14.8. The SMILES string of the molecule is CCOC(=O)Cc1ccc(C(O)(CCCN(C)C)c2ccc(F)cc2)c(CO)c1C#N. The van der Waals surface area contributed by atoms with Crippen LogP contribution in [0.4, 0.5) is 4.39 Å². The number of nitriles is 1. The van der Waals surface area contributed by atoms with Crippen molar-refractivity contribution in [3.63, 3.8) is 0 Å². The summed E-state index contributed by atoms with van der Waals surface area (Å²) in [5, 5.41) is 31.7. The third-order valence-corrected chi connectivity index (χ3v) is 5.22. The van der Waals surface area contributed by atoms with E-state index in [2.05, 4.69) is 6.07 Å². The van der Waals surface area contributed by atoms with Crippen molar-refractivity contribution >= 4 is 5.97 Å². The Hall–Kier alpha value is -2.79. The highest BCUT2D eigenvalue weighted by Gasteiger charge is 2.35. The Morgan fingerprint density at radius 2 is 1.90 bits per heavy atom. The molecular weight excluding hydrogens is 399 g/mol. The second-order valence-corrected chi connectivity index (χ2v) is 7.65. The van der Waals surface area contributed by atoms with E-state index >= 15 is 0 Å². The van der Waals surface area contributed by atoms with Crippen LogP contribution in [0.2, 0.25) is 0 Å². The van der Waals surface area contributed by atoms with Gasteiger partial charge in [-0.25, -0.2) is 4.39 Å². The molecule has 0 amide bonds. The molecule has 6 nitrogen and oxygen atoms in total. The molecule has 0 heterocycles. The Morgan fingerprint density at radius 1 is 1.23 bits per heavy atom. The van der Waals surface area contributed by atoms with E-state index in [1.807, 2.05) is 19.0 Å². The number of hydrogen-bond donors (Lipinski definition) is 2. The number of hydrogen-bond acceptors (Lipinski definition) is 6. The van der Waals surface area contributed by atoms with E-state index in [-0.39, 0.29) is 24.2 Å². The maximum Gasteiger partial charge on any atom is 0.310 e. The van der Waals surface area contributed by atoms with Gasteiger partial charge in [0.25, 0.3) is 0 Å². The van der Waals surface area contributed by atoms with Gasteiger partial charge in [0.05, 0.1) is 31.3 Å². The molecule has 2 N–H and O–H groups in total. The summed E-state index contributed by atoms with van der Waals surface area (Å²) in [6, 6.07) is 10.8. The van der Waals surface area contributed by atoms with E-state index in [0.717, 1.165) is 0 Å². The minimum absolute atomic E-state index is 0.111. The molecule has 0 aliphatic heterocycles. The van der Waals surface area contributed by atoms with Crippen molar-refractivity contribution in [3.05, 3.63) is 70.0 Å². The van der Waals surface area contributed by atoms with Crippen molar-refractivity contribution in [1.29, 1.82) is 5.26 Å². The summed E-state index contributed by atoms with van der Waals surface area (Å²) in [5.41, 5.74) is 0.0927. The normalized spacial score (nSPS) is 13.0. The molecule has 2 rings (SSSR count). The van der Waals surface area contributed by atoms with Gasteiger partial charge >= 0.3 is 5.97 Å². The lowest BCUT2D eigenvalue weighted by Crippen LogP contribution is -2.31. The summed E-state index contributed by atoms with van der Waals surface area (Å²) < 4.78 is 18.5. The molecule has 1 unspecified atom stereocenters. The van der Waals surface area contributed by atoms with Gasteiger partial charge in [0.1, 0.15) is 11.4 Å². The van der Waals surface area contributed by atoms with E-state index in [1.165, 1.54) is 24.3 Å². The van der Waals surface area contributed by atoms with Gasteiger partial charge in [0.2, 0.25) is 0 Å². The zero-order valence-corrected chi connectivity index (χ0v) is 18.2. The summed E-state index contributed by atoms with van der Waals surface area (Å²) in [4.78, 5) is 13.9. The van der Waals surface area contributed by atoms with Gasteiger partial charge in [-0.1, -0.05) is 24.3 Å². The fraction of sp³-hybridized carbons (Fsp3) is 0.417. The van der Waals surface area contributed by atoms with Crippen LogP contribution in [-0.4, -0.2) is 48.3 Å². The fourth-order valence-electron chi connectivity index (χ4n) is 3.71. The number of aliphatic hydroxyl groups excluding tert-OH is 1. The second-order valence-electron chi connectivity index (χ2n) is 7.65. The highest BCUT2D eigenvalue weighted by atomic mass is 19.1. The van der Waals surface area contributed by atoms with Crippen LogP contribution in [0.25, 0.3) is 0 Å².